The van der Waals surface area contributed by atoms with E-state index in [9.17, 15) is 0 Å². The summed E-state index contributed by atoms with van der Waals surface area (Å²) < 4.78 is 3.21. The highest BCUT2D eigenvalue weighted by Gasteiger charge is 2.16. The SMILES string of the molecule is CN(Cc1csc(Br)c1)c1nc2sccn2c1CCl. The number of halogens is 2. The molecule has 0 atom stereocenters. The summed E-state index contributed by atoms with van der Waals surface area (Å²) in [7, 11) is 2.05. The molecule has 0 saturated carbocycles. The molecular weight excluding hydrogens is 366 g/mol. The molecule has 0 aliphatic rings. The third-order valence-electron chi connectivity index (χ3n) is 2.87. The first kappa shape index (κ1) is 13.4. The molecular formula is C12H11BrClN3S2. The molecule has 0 bridgehead atoms. The Morgan fingerprint density at radius 3 is 3.00 bits per heavy atom. The van der Waals surface area contributed by atoms with Gasteiger partial charge in [0.05, 0.1) is 15.4 Å². The Labute approximate surface area is 132 Å². The predicted molar refractivity (Wildman–Crippen MR) is 86.8 cm³/mol. The smallest absolute Gasteiger partial charge is 0.195 e. The van der Waals surface area contributed by atoms with Crippen molar-refractivity contribution < 1.29 is 0 Å². The minimum absolute atomic E-state index is 0.463. The minimum Gasteiger partial charge on any atom is -0.354 e. The van der Waals surface area contributed by atoms with E-state index in [0.29, 0.717) is 5.88 Å². The summed E-state index contributed by atoms with van der Waals surface area (Å²) in [5, 5.41) is 4.18. The van der Waals surface area contributed by atoms with E-state index in [2.05, 4.69) is 41.7 Å². The number of thiazole rings is 1. The lowest BCUT2D eigenvalue weighted by Crippen LogP contribution is -2.17. The maximum absolute atomic E-state index is 6.07. The van der Waals surface area contributed by atoms with Crippen LogP contribution in [0.5, 0.6) is 0 Å². The quantitative estimate of drug-likeness (QED) is 0.621. The van der Waals surface area contributed by atoms with Gasteiger partial charge in [0.15, 0.2) is 10.8 Å². The highest BCUT2D eigenvalue weighted by Crippen LogP contribution is 2.28. The first-order valence-electron chi connectivity index (χ1n) is 5.63. The monoisotopic (exact) mass is 375 g/mol. The molecule has 3 aromatic rings. The maximum Gasteiger partial charge on any atom is 0.195 e. The normalized spacial score (nSPS) is 11.3. The van der Waals surface area contributed by atoms with E-state index in [1.54, 1.807) is 22.7 Å². The lowest BCUT2D eigenvalue weighted by molar-refractivity contribution is 0.897. The number of imidazole rings is 1. The number of thiophene rings is 1. The average Bonchev–Trinajstić information content (AvgIpc) is 3.03. The van der Waals surface area contributed by atoms with Crippen LogP contribution in [0.1, 0.15) is 11.3 Å². The predicted octanol–water partition coefficient (Wildman–Crippen LogP) is 4.60. The molecule has 0 amide bonds. The number of anilines is 1. The van der Waals surface area contributed by atoms with Crippen molar-refractivity contribution >= 4 is 61.0 Å². The molecule has 0 unspecified atom stereocenters. The van der Waals surface area contributed by atoms with E-state index in [0.717, 1.165) is 26.8 Å². The molecule has 3 aromatic heterocycles. The van der Waals surface area contributed by atoms with Gasteiger partial charge >= 0.3 is 0 Å². The van der Waals surface area contributed by atoms with Gasteiger partial charge in [-0.1, -0.05) is 0 Å². The summed E-state index contributed by atoms with van der Waals surface area (Å²) in [6.45, 7) is 0.830. The van der Waals surface area contributed by atoms with E-state index in [1.165, 1.54) is 5.56 Å². The topological polar surface area (TPSA) is 20.5 Å². The number of hydrogen-bond acceptors (Lipinski definition) is 4. The lowest BCUT2D eigenvalue weighted by atomic mass is 10.3. The largest absolute Gasteiger partial charge is 0.354 e. The molecule has 3 rings (SSSR count). The number of hydrogen-bond donors (Lipinski definition) is 0. The number of nitrogens with zero attached hydrogens (tertiary/aromatic N) is 3. The van der Waals surface area contributed by atoms with Gasteiger partial charge in [0.2, 0.25) is 0 Å². The molecule has 3 nitrogen and oxygen atoms in total. The molecule has 100 valence electrons. The van der Waals surface area contributed by atoms with Crippen molar-refractivity contribution in [3.05, 3.63) is 38.1 Å². The standard InChI is InChI=1S/C12H11BrClN3S2/c1-16(6-8-4-10(13)19-7-8)11-9(5-14)17-2-3-18-12(17)15-11/h2-4,7H,5-6H2,1H3. The minimum atomic E-state index is 0.463. The zero-order chi connectivity index (χ0) is 13.4. The summed E-state index contributed by atoms with van der Waals surface area (Å²) in [6, 6.07) is 2.14. The van der Waals surface area contributed by atoms with Gasteiger partial charge in [-0.15, -0.1) is 34.3 Å². The fourth-order valence-corrected chi connectivity index (χ4v) is 4.21. The van der Waals surface area contributed by atoms with Crippen LogP contribution in [0.25, 0.3) is 4.96 Å². The maximum atomic E-state index is 6.07. The Hall–Kier alpha value is -0.560. The van der Waals surface area contributed by atoms with E-state index in [-0.39, 0.29) is 0 Å². The Balaban J connectivity index is 1.92. The molecule has 0 aliphatic carbocycles. The van der Waals surface area contributed by atoms with Crippen LogP contribution in [-0.2, 0) is 12.4 Å². The molecule has 0 aromatic carbocycles. The second kappa shape index (κ2) is 5.44. The van der Waals surface area contributed by atoms with Crippen LogP contribution < -0.4 is 4.90 Å². The molecule has 0 radical (unpaired) electrons. The highest BCUT2D eigenvalue weighted by atomic mass is 79.9. The van der Waals surface area contributed by atoms with E-state index in [4.69, 9.17) is 11.6 Å². The number of fused-ring (bicyclic) bond motifs is 1. The third kappa shape index (κ3) is 2.54. The summed E-state index contributed by atoms with van der Waals surface area (Å²) in [5.74, 6) is 1.43. The van der Waals surface area contributed by atoms with Crippen molar-refractivity contribution in [2.75, 3.05) is 11.9 Å². The number of alkyl halides is 1. The molecule has 7 heteroatoms. The summed E-state index contributed by atoms with van der Waals surface area (Å²) >= 11 is 12.9. The molecule has 0 N–H and O–H groups in total. The molecule has 0 spiro atoms. The first-order chi connectivity index (χ1) is 9.19. The van der Waals surface area contributed by atoms with Gasteiger partial charge in [0.1, 0.15) is 0 Å². The van der Waals surface area contributed by atoms with Crippen molar-refractivity contribution in [3.8, 4) is 0 Å². The Kier molecular flexibility index (Phi) is 3.84. The second-order valence-corrected chi connectivity index (χ2v) is 7.62. The van der Waals surface area contributed by atoms with Gasteiger partial charge in [0, 0.05) is 25.2 Å². The summed E-state index contributed by atoms with van der Waals surface area (Å²) in [6.07, 6.45) is 2.02. The van der Waals surface area contributed by atoms with E-state index < -0.39 is 0 Å². The van der Waals surface area contributed by atoms with E-state index >= 15 is 0 Å². The van der Waals surface area contributed by atoms with Crippen molar-refractivity contribution in [3.63, 3.8) is 0 Å². The van der Waals surface area contributed by atoms with Gasteiger partial charge in [-0.05, 0) is 32.9 Å². The van der Waals surface area contributed by atoms with Gasteiger partial charge in [-0.25, -0.2) is 4.98 Å². The Morgan fingerprint density at radius 2 is 2.32 bits per heavy atom. The number of rotatable bonds is 4. The van der Waals surface area contributed by atoms with Gasteiger partial charge in [0.25, 0.3) is 0 Å². The van der Waals surface area contributed by atoms with Crippen LogP contribution in [0.2, 0.25) is 0 Å². The molecule has 0 aliphatic heterocycles. The fraction of sp³-hybridized carbons (Fsp3) is 0.250. The van der Waals surface area contributed by atoms with Gasteiger partial charge in [-0.3, -0.25) is 4.40 Å². The lowest BCUT2D eigenvalue weighted by Gasteiger charge is -2.17. The van der Waals surface area contributed by atoms with Gasteiger partial charge in [-0.2, -0.15) is 0 Å². The van der Waals surface area contributed by atoms with Crippen molar-refractivity contribution in [1.29, 1.82) is 0 Å². The fourth-order valence-electron chi connectivity index (χ4n) is 2.03. The number of aromatic nitrogens is 2. The Morgan fingerprint density at radius 1 is 1.47 bits per heavy atom. The van der Waals surface area contributed by atoms with Crippen LogP contribution in [0.15, 0.2) is 26.8 Å². The molecule has 19 heavy (non-hydrogen) atoms. The van der Waals surface area contributed by atoms with E-state index in [1.807, 2.05) is 18.6 Å². The van der Waals surface area contributed by atoms with Crippen LogP contribution in [0, 0.1) is 0 Å². The second-order valence-electron chi connectivity index (χ2n) is 4.19. The molecule has 0 fully saturated rings. The summed E-state index contributed by atoms with van der Waals surface area (Å²) in [4.78, 5) is 7.80. The van der Waals surface area contributed by atoms with Crippen LogP contribution >= 0.6 is 50.2 Å². The zero-order valence-electron chi connectivity index (χ0n) is 10.1. The van der Waals surface area contributed by atoms with Crippen LogP contribution in [0.3, 0.4) is 0 Å². The Bertz CT molecular complexity index is 703. The van der Waals surface area contributed by atoms with Crippen molar-refractivity contribution in [2.45, 2.75) is 12.4 Å². The summed E-state index contributed by atoms with van der Waals surface area (Å²) in [5.41, 5.74) is 2.32. The first-order valence-corrected chi connectivity index (χ1v) is 8.72. The molecule has 3 heterocycles. The zero-order valence-corrected chi connectivity index (χ0v) is 14.1. The van der Waals surface area contributed by atoms with Crippen molar-refractivity contribution in [1.82, 2.24) is 9.38 Å². The van der Waals surface area contributed by atoms with Gasteiger partial charge < -0.3 is 4.90 Å². The van der Waals surface area contributed by atoms with Crippen LogP contribution in [-0.4, -0.2) is 16.4 Å². The van der Waals surface area contributed by atoms with Crippen molar-refractivity contribution in [2.24, 2.45) is 0 Å². The molecule has 0 saturated heterocycles. The third-order valence-corrected chi connectivity index (χ3v) is 5.43. The van der Waals surface area contributed by atoms with Crippen LogP contribution in [0.4, 0.5) is 5.82 Å². The highest BCUT2D eigenvalue weighted by molar-refractivity contribution is 9.11. The average molecular weight is 377 g/mol.